The molecule has 0 atom stereocenters. The lowest BCUT2D eigenvalue weighted by Gasteiger charge is -2.09. The maximum absolute atomic E-state index is 13.4. The van der Waals surface area contributed by atoms with Crippen molar-refractivity contribution in [1.82, 2.24) is 14.8 Å². The highest BCUT2D eigenvalue weighted by Gasteiger charge is 2.10. The van der Waals surface area contributed by atoms with Gasteiger partial charge in [-0.25, -0.2) is 4.39 Å². The quantitative estimate of drug-likeness (QED) is 0.818. The van der Waals surface area contributed by atoms with E-state index < -0.39 is 5.82 Å². The van der Waals surface area contributed by atoms with Crippen LogP contribution in [0, 0.1) is 12.7 Å². The number of ether oxygens (including phenoxy) is 1. The first kappa shape index (κ1) is 11.4. The Bertz CT molecular complexity index is 518. The van der Waals surface area contributed by atoms with Crippen molar-refractivity contribution >= 4 is 5.69 Å². The van der Waals surface area contributed by atoms with Gasteiger partial charge in [0.1, 0.15) is 12.4 Å². The van der Waals surface area contributed by atoms with Gasteiger partial charge in [-0.3, -0.25) is 0 Å². The summed E-state index contributed by atoms with van der Waals surface area (Å²) in [5, 5.41) is 7.80. The minimum atomic E-state index is -0.483. The summed E-state index contributed by atoms with van der Waals surface area (Å²) < 4.78 is 20.5. The zero-order chi connectivity index (χ0) is 12.4. The molecule has 0 aliphatic heterocycles. The second-order valence-corrected chi connectivity index (χ2v) is 3.67. The number of aryl methyl sites for hydroxylation is 1. The Balaban J connectivity index is 2.15. The van der Waals surface area contributed by atoms with Crippen LogP contribution in [0.5, 0.6) is 5.75 Å². The number of nitrogens with zero attached hydrogens (tertiary/aromatic N) is 3. The highest BCUT2D eigenvalue weighted by atomic mass is 19.1. The fraction of sp³-hybridized carbons (Fsp3) is 0.273. The number of halogens is 1. The van der Waals surface area contributed by atoms with E-state index >= 15 is 0 Å². The number of hydrogen-bond acceptors (Lipinski definition) is 4. The highest BCUT2D eigenvalue weighted by Crippen LogP contribution is 2.25. The van der Waals surface area contributed by atoms with Crippen LogP contribution in [0.3, 0.4) is 0 Å². The molecule has 0 saturated heterocycles. The van der Waals surface area contributed by atoms with Gasteiger partial charge in [-0.2, -0.15) is 0 Å². The van der Waals surface area contributed by atoms with Crippen LogP contribution in [0.25, 0.3) is 0 Å². The largest absolute Gasteiger partial charge is 0.480 e. The van der Waals surface area contributed by atoms with Crippen molar-refractivity contribution < 1.29 is 9.13 Å². The normalized spacial score (nSPS) is 10.5. The van der Waals surface area contributed by atoms with E-state index in [0.29, 0.717) is 5.82 Å². The van der Waals surface area contributed by atoms with Gasteiger partial charge in [0.2, 0.25) is 0 Å². The lowest BCUT2D eigenvalue weighted by Crippen LogP contribution is -2.06. The molecular formula is C11H13FN4O. The van der Waals surface area contributed by atoms with Gasteiger partial charge in [0.05, 0.1) is 5.69 Å². The van der Waals surface area contributed by atoms with Crippen molar-refractivity contribution in [3.63, 3.8) is 0 Å². The molecule has 0 amide bonds. The third-order valence-corrected chi connectivity index (χ3v) is 2.53. The number of rotatable bonds is 3. The molecule has 0 spiro atoms. The molecule has 2 rings (SSSR count). The monoisotopic (exact) mass is 236 g/mol. The molecule has 6 heteroatoms. The number of para-hydroxylation sites is 1. The first-order valence-electron chi connectivity index (χ1n) is 5.11. The van der Waals surface area contributed by atoms with E-state index in [-0.39, 0.29) is 18.0 Å². The van der Waals surface area contributed by atoms with E-state index in [9.17, 15) is 4.39 Å². The third-order valence-electron chi connectivity index (χ3n) is 2.53. The molecule has 0 unspecified atom stereocenters. The Hall–Kier alpha value is -2.11. The molecular weight excluding hydrogens is 223 g/mol. The fourth-order valence-corrected chi connectivity index (χ4v) is 1.39. The van der Waals surface area contributed by atoms with E-state index in [4.69, 9.17) is 10.5 Å². The van der Waals surface area contributed by atoms with Crippen molar-refractivity contribution in [3.05, 3.63) is 35.7 Å². The predicted molar refractivity (Wildman–Crippen MR) is 60.9 cm³/mol. The lowest BCUT2D eigenvalue weighted by molar-refractivity contribution is 0.278. The summed E-state index contributed by atoms with van der Waals surface area (Å²) in [6, 6.07) is 4.41. The van der Waals surface area contributed by atoms with E-state index in [2.05, 4.69) is 10.2 Å². The van der Waals surface area contributed by atoms with Gasteiger partial charge in [-0.15, -0.1) is 10.2 Å². The van der Waals surface area contributed by atoms with Crippen molar-refractivity contribution in [1.29, 1.82) is 0 Å². The summed E-state index contributed by atoms with van der Waals surface area (Å²) in [4.78, 5) is 0. The summed E-state index contributed by atoms with van der Waals surface area (Å²) in [7, 11) is 1.82. The molecule has 0 aliphatic carbocycles. The summed E-state index contributed by atoms with van der Waals surface area (Å²) in [6.45, 7) is 1.95. The van der Waals surface area contributed by atoms with Crippen LogP contribution in [0.2, 0.25) is 0 Å². The molecule has 0 fully saturated rings. The number of benzene rings is 1. The zero-order valence-electron chi connectivity index (χ0n) is 9.64. The molecule has 2 aromatic rings. The molecule has 1 heterocycles. The average Bonchev–Trinajstić information content (AvgIpc) is 2.60. The van der Waals surface area contributed by atoms with Crippen molar-refractivity contribution in [2.75, 3.05) is 5.73 Å². The smallest absolute Gasteiger partial charge is 0.178 e. The van der Waals surface area contributed by atoms with Crippen LogP contribution in [0.1, 0.15) is 11.6 Å². The maximum Gasteiger partial charge on any atom is 0.178 e. The second kappa shape index (κ2) is 4.40. The van der Waals surface area contributed by atoms with Crippen molar-refractivity contribution in [3.8, 4) is 5.75 Å². The topological polar surface area (TPSA) is 66.0 Å². The van der Waals surface area contributed by atoms with Crippen molar-refractivity contribution in [2.24, 2.45) is 7.05 Å². The summed E-state index contributed by atoms with van der Waals surface area (Å²) in [5.41, 5.74) is 5.89. The molecule has 0 aliphatic rings. The SMILES string of the molecule is Cc1nnc(COc2c(N)cccc2F)n1C. The van der Waals surface area contributed by atoms with Gasteiger partial charge in [0.15, 0.2) is 17.4 Å². The molecule has 90 valence electrons. The Morgan fingerprint density at radius 3 is 2.76 bits per heavy atom. The Labute approximate surface area is 98.0 Å². The molecule has 0 bridgehead atoms. The van der Waals surface area contributed by atoms with Gasteiger partial charge >= 0.3 is 0 Å². The van der Waals surface area contributed by atoms with Crippen molar-refractivity contribution in [2.45, 2.75) is 13.5 Å². The zero-order valence-corrected chi connectivity index (χ0v) is 9.64. The van der Waals surface area contributed by atoms with Crippen LogP contribution in [-0.2, 0) is 13.7 Å². The first-order valence-corrected chi connectivity index (χ1v) is 5.11. The number of hydrogen-bond donors (Lipinski definition) is 1. The molecule has 5 nitrogen and oxygen atoms in total. The average molecular weight is 236 g/mol. The molecule has 17 heavy (non-hydrogen) atoms. The maximum atomic E-state index is 13.4. The summed E-state index contributed by atoms with van der Waals surface area (Å²) in [5.74, 6) is 0.951. The Morgan fingerprint density at radius 1 is 1.41 bits per heavy atom. The van der Waals surface area contributed by atoms with Gasteiger partial charge < -0.3 is 15.0 Å². The minimum Gasteiger partial charge on any atom is -0.480 e. The third kappa shape index (κ3) is 2.20. The highest BCUT2D eigenvalue weighted by molar-refractivity contribution is 5.52. The molecule has 2 N–H and O–H groups in total. The lowest BCUT2D eigenvalue weighted by atomic mass is 10.3. The minimum absolute atomic E-state index is 0.0492. The van der Waals surface area contributed by atoms with Crippen LogP contribution in [-0.4, -0.2) is 14.8 Å². The second-order valence-electron chi connectivity index (χ2n) is 3.67. The summed E-state index contributed by atoms with van der Waals surface area (Å²) >= 11 is 0. The fourth-order valence-electron chi connectivity index (χ4n) is 1.39. The van der Waals surface area contributed by atoms with Gasteiger partial charge in [-0.05, 0) is 19.1 Å². The van der Waals surface area contributed by atoms with Crippen LogP contribution in [0.15, 0.2) is 18.2 Å². The van der Waals surface area contributed by atoms with Gasteiger partial charge in [0.25, 0.3) is 0 Å². The van der Waals surface area contributed by atoms with Gasteiger partial charge in [0, 0.05) is 7.05 Å². The number of nitrogen functional groups attached to an aromatic ring is 1. The van der Waals surface area contributed by atoms with E-state index in [1.54, 1.807) is 10.6 Å². The van der Waals surface area contributed by atoms with E-state index in [1.165, 1.54) is 12.1 Å². The molecule has 0 radical (unpaired) electrons. The Kier molecular flexibility index (Phi) is 2.95. The summed E-state index contributed by atoms with van der Waals surface area (Å²) in [6.07, 6.45) is 0. The standard InChI is InChI=1S/C11H13FN4O/c1-7-14-15-10(16(7)2)6-17-11-8(12)4-3-5-9(11)13/h3-5H,6,13H2,1-2H3. The number of nitrogens with two attached hydrogens (primary N) is 1. The van der Waals surface area contributed by atoms with E-state index in [0.717, 1.165) is 5.82 Å². The predicted octanol–water partition coefficient (Wildman–Crippen LogP) is 1.42. The first-order chi connectivity index (χ1) is 8.09. The van der Waals surface area contributed by atoms with E-state index in [1.807, 2.05) is 14.0 Å². The van der Waals surface area contributed by atoms with Crippen LogP contribution in [0.4, 0.5) is 10.1 Å². The number of aromatic nitrogens is 3. The van der Waals surface area contributed by atoms with Gasteiger partial charge in [-0.1, -0.05) is 6.07 Å². The molecule has 0 saturated carbocycles. The molecule has 1 aromatic carbocycles. The Morgan fingerprint density at radius 2 is 2.18 bits per heavy atom. The molecule has 1 aromatic heterocycles. The van der Waals surface area contributed by atoms with Crippen LogP contribution >= 0.6 is 0 Å². The number of anilines is 1. The van der Waals surface area contributed by atoms with Crippen LogP contribution < -0.4 is 10.5 Å².